The standard InChI is InChI=1S/C16H14BrNO3/c1-8-3-4-9(7-10(8)17)18-14(19)12-11-5-6-16(2,21-11)13(12)15(18)20/h3-7,11-13H,1-2H3/t11-,12-,13-,16+/m0/s1. The van der Waals surface area contributed by atoms with Crippen molar-refractivity contribution in [1.29, 1.82) is 0 Å². The number of halogens is 1. The predicted molar refractivity (Wildman–Crippen MR) is 80.8 cm³/mol. The fourth-order valence-corrected chi connectivity index (χ4v) is 3.99. The van der Waals surface area contributed by atoms with Gasteiger partial charge in [-0.05, 0) is 31.5 Å². The SMILES string of the molecule is Cc1ccc(N2C(=O)[C@H]3[C@@H]4C=C[C@@](C)(O4)[C@@H]3C2=O)cc1Br. The smallest absolute Gasteiger partial charge is 0.241 e. The highest BCUT2D eigenvalue weighted by Gasteiger charge is 2.66. The minimum Gasteiger partial charge on any atom is -0.362 e. The maximum atomic E-state index is 12.8. The van der Waals surface area contributed by atoms with E-state index < -0.39 is 11.5 Å². The van der Waals surface area contributed by atoms with Crippen LogP contribution in [0.5, 0.6) is 0 Å². The van der Waals surface area contributed by atoms with Crippen LogP contribution < -0.4 is 4.90 Å². The van der Waals surface area contributed by atoms with E-state index in [1.807, 2.05) is 44.2 Å². The van der Waals surface area contributed by atoms with Gasteiger partial charge >= 0.3 is 0 Å². The molecule has 5 heteroatoms. The molecule has 0 radical (unpaired) electrons. The van der Waals surface area contributed by atoms with Gasteiger partial charge in [0.2, 0.25) is 11.8 Å². The molecule has 0 aliphatic carbocycles. The normalized spacial score (nSPS) is 36.7. The van der Waals surface area contributed by atoms with Gasteiger partial charge in [0, 0.05) is 4.47 Å². The Morgan fingerprint density at radius 3 is 2.71 bits per heavy atom. The highest BCUT2D eigenvalue weighted by Crippen LogP contribution is 2.52. The summed E-state index contributed by atoms with van der Waals surface area (Å²) in [5.74, 6) is -1.10. The van der Waals surface area contributed by atoms with Crippen molar-refractivity contribution in [1.82, 2.24) is 0 Å². The Morgan fingerprint density at radius 1 is 1.29 bits per heavy atom. The monoisotopic (exact) mass is 347 g/mol. The first-order valence-corrected chi connectivity index (χ1v) is 7.73. The fourth-order valence-electron chi connectivity index (χ4n) is 3.63. The van der Waals surface area contributed by atoms with Crippen molar-refractivity contribution in [3.63, 3.8) is 0 Å². The number of hydrogen-bond acceptors (Lipinski definition) is 3. The number of benzene rings is 1. The average Bonchev–Trinajstić information content (AvgIpc) is 3.03. The summed E-state index contributed by atoms with van der Waals surface area (Å²) in [6.45, 7) is 3.85. The van der Waals surface area contributed by atoms with Crippen LogP contribution in [0.3, 0.4) is 0 Å². The Bertz CT molecular complexity index is 713. The summed E-state index contributed by atoms with van der Waals surface area (Å²) >= 11 is 3.45. The van der Waals surface area contributed by atoms with Gasteiger partial charge < -0.3 is 4.74 Å². The largest absolute Gasteiger partial charge is 0.362 e. The summed E-state index contributed by atoms with van der Waals surface area (Å²) in [6.07, 6.45) is 3.55. The summed E-state index contributed by atoms with van der Waals surface area (Å²) in [7, 11) is 0. The first-order valence-electron chi connectivity index (χ1n) is 6.93. The van der Waals surface area contributed by atoms with Crippen LogP contribution in [-0.4, -0.2) is 23.5 Å². The Morgan fingerprint density at radius 2 is 2.05 bits per heavy atom. The lowest BCUT2D eigenvalue weighted by atomic mass is 9.78. The number of carbonyl (C=O) groups excluding carboxylic acids is 2. The highest BCUT2D eigenvalue weighted by molar-refractivity contribution is 9.10. The molecule has 0 unspecified atom stereocenters. The Labute approximate surface area is 130 Å². The molecule has 1 aromatic rings. The number of amides is 2. The molecule has 21 heavy (non-hydrogen) atoms. The zero-order chi connectivity index (χ0) is 14.9. The van der Waals surface area contributed by atoms with E-state index in [2.05, 4.69) is 15.9 Å². The minimum atomic E-state index is -0.640. The number of ether oxygens (including phenoxy) is 1. The van der Waals surface area contributed by atoms with E-state index >= 15 is 0 Å². The second-order valence-electron chi connectivity index (χ2n) is 6.07. The average molecular weight is 348 g/mol. The van der Waals surface area contributed by atoms with Gasteiger partial charge in [-0.3, -0.25) is 9.59 Å². The number of imide groups is 1. The number of fused-ring (bicyclic) bond motifs is 5. The molecule has 4 nitrogen and oxygen atoms in total. The molecule has 1 aromatic carbocycles. The summed E-state index contributed by atoms with van der Waals surface area (Å²) in [6, 6.07) is 5.54. The van der Waals surface area contributed by atoms with Gasteiger partial charge in [-0.2, -0.15) is 0 Å². The highest BCUT2D eigenvalue weighted by atomic mass is 79.9. The van der Waals surface area contributed by atoms with Crippen molar-refractivity contribution in [2.75, 3.05) is 4.90 Å². The second-order valence-corrected chi connectivity index (χ2v) is 6.93. The minimum absolute atomic E-state index is 0.154. The van der Waals surface area contributed by atoms with E-state index in [9.17, 15) is 9.59 Å². The Balaban J connectivity index is 1.78. The van der Waals surface area contributed by atoms with Crippen LogP contribution in [0.1, 0.15) is 12.5 Å². The lowest BCUT2D eigenvalue weighted by Gasteiger charge is -2.24. The van der Waals surface area contributed by atoms with E-state index in [0.717, 1.165) is 10.0 Å². The molecular weight excluding hydrogens is 334 g/mol. The molecule has 2 saturated heterocycles. The maximum Gasteiger partial charge on any atom is 0.241 e. The topological polar surface area (TPSA) is 46.6 Å². The molecule has 3 heterocycles. The molecule has 3 aliphatic rings. The van der Waals surface area contributed by atoms with Gasteiger partial charge in [0.15, 0.2) is 0 Å². The fraction of sp³-hybridized carbons (Fsp3) is 0.375. The van der Waals surface area contributed by atoms with E-state index in [4.69, 9.17) is 4.74 Å². The molecule has 0 aromatic heterocycles. The molecule has 0 spiro atoms. The quantitative estimate of drug-likeness (QED) is 0.579. The van der Waals surface area contributed by atoms with Crippen LogP contribution in [0.15, 0.2) is 34.8 Å². The second kappa shape index (κ2) is 4.05. The number of rotatable bonds is 1. The molecule has 0 N–H and O–H groups in total. The molecule has 4 atom stereocenters. The van der Waals surface area contributed by atoms with Crippen molar-refractivity contribution >= 4 is 33.4 Å². The first kappa shape index (κ1) is 13.2. The zero-order valence-corrected chi connectivity index (χ0v) is 13.3. The van der Waals surface area contributed by atoms with E-state index in [0.29, 0.717) is 5.69 Å². The lowest BCUT2D eigenvalue weighted by molar-refractivity contribution is -0.126. The molecule has 2 amide bonds. The van der Waals surface area contributed by atoms with E-state index in [-0.39, 0.29) is 23.8 Å². The zero-order valence-electron chi connectivity index (χ0n) is 11.7. The summed E-state index contributed by atoms with van der Waals surface area (Å²) in [4.78, 5) is 26.8. The van der Waals surface area contributed by atoms with Crippen LogP contribution >= 0.6 is 15.9 Å². The van der Waals surface area contributed by atoms with Gasteiger partial charge in [-0.1, -0.05) is 34.1 Å². The molecule has 0 saturated carbocycles. The number of aryl methyl sites for hydroxylation is 1. The number of anilines is 1. The summed E-state index contributed by atoms with van der Waals surface area (Å²) in [5, 5.41) is 0. The number of nitrogens with zero attached hydrogens (tertiary/aromatic N) is 1. The van der Waals surface area contributed by atoms with Crippen LogP contribution in [0, 0.1) is 18.8 Å². The Hall–Kier alpha value is -1.46. The number of carbonyl (C=O) groups is 2. The van der Waals surface area contributed by atoms with Gasteiger partial charge in [0.1, 0.15) is 0 Å². The van der Waals surface area contributed by atoms with Gasteiger partial charge in [0.05, 0.1) is 29.2 Å². The van der Waals surface area contributed by atoms with E-state index in [1.165, 1.54) is 4.90 Å². The van der Waals surface area contributed by atoms with Crippen LogP contribution in [0.25, 0.3) is 0 Å². The third kappa shape index (κ3) is 1.59. The number of hydrogen-bond donors (Lipinski definition) is 0. The molecule has 108 valence electrons. The predicted octanol–water partition coefficient (Wildman–Crippen LogP) is 2.59. The molecule has 2 bridgehead atoms. The summed E-state index contributed by atoms with van der Waals surface area (Å²) in [5.41, 5.74) is 1.05. The van der Waals surface area contributed by atoms with Crippen LogP contribution in [0.2, 0.25) is 0 Å². The van der Waals surface area contributed by atoms with Gasteiger partial charge in [0.25, 0.3) is 0 Å². The van der Waals surface area contributed by atoms with Crippen LogP contribution in [-0.2, 0) is 14.3 Å². The molecular formula is C16H14BrNO3. The first-order chi connectivity index (χ1) is 9.92. The van der Waals surface area contributed by atoms with Crippen LogP contribution in [0.4, 0.5) is 5.69 Å². The van der Waals surface area contributed by atoms with E-state index in [1.54, 1.807) is 0 Å². The van der Waals surface area contributed by atoms with Gasteiger partial charge in [-0.25, -0.2) is 4.90 Å². The molecule has 4 rings (SSSR count). The molecule has 3 aliphatic heterocycles. The van der Waals surface area contributed by atoms with Crippen molar-refractivity contribution in [3.05, 3.63) is 40.4 Å². The third-order valence-electron chi connectivity index (χ3n) is 4.74. The van der Waals surface area contributed by atoms with Gasteiger partial charge in [-0.15, -0.1) is 0 Å². The maximum absolute atomic E-state index is 12.8. The van der Waals surface area contributed by atoms with Crippen molar-refractivity contribution in [3.8, 4) is 0 Å². The third-order valence-corrected chi connectivity index (χ3v) is 5.60. The van der Waals surface area contributed by atoms with Crippen molar-refractivity contribution in [2.24, 2.45) is 11.8 Å². The molecule has 2 fully saturated rings. The Kier molecular flexibility index (Phi) is 2.55. The van der Waals surface area contributed by atoms with Crippen molar-refractivity contribution < 1.29 is 14.3 Å². The van der Waals surface area contributed by atoms with Crippen molar-refractivity contribution in [2.45, 2.75) is 25.6 Å². The summed E-state index contributed by atoms with van der Waals surface area (Å²) < 4.78 is 6.70. The lowest BCUT2D eigenvalue weighted by Crippen LogP contribution is -2.38.